The van der Waals surface area contributed by atoms with Gasteiger partial charge in [0.1, 0.15) is 0 Å². The second-order valence-electron chi connectivity index (χ2n) is 5.13. The minimum Gasteiger partial charge on any atom is -0.0905 e. The Kier molecular flexibility index (Phi) is 2.13. The van der Waals surface area contributed by atoms with Crippen LogP contribution < -0.4 is 0 Å². The maximum absolute atomic E-state index is 4.35. The summed E-state index contributed by atoms with van der Waals surface area (Å²) in [6.45, 7) is 4.35. The van der Waals surface area contributed by atoms with E-state index in [9.17, 15) is 0 Å². The molecule has 1 aliphatic carbocycles. The maximum Gasteiger partial charge on any atom is -0.00132 e. The maximum atomic E-state index is 4.35. The quantitative estimate of drug-likeness (QED) is 0.415. The van der Waals surface area contributed by atoms with Gasteiger partial charge in [0.15, 0.2) is 0 Å². The monoisotopic (exact) mass is 242 g/mol. The summed E-state index contributed by atoms with van der Waals surface area (Å²) < 4.78 is 0. The lowest BCUT2D eigenvalue weighted by molar-refractivity contribution is 1.15. The molecule has 0 aliphatic heterocycles. The van der Waals surface area contributed by atoms with Gasteiger partial charge in [0.25, 0.3) is 0 Å². The highest BCUT2D eigenvalue weighted by atomic mass is 14.2. The van der Waals surface area contributed by atoms with Crippen LogP contribution in [0.4, 0.5) is 0 Å². The first kappa shape index (κ1) is 10.6. The molecular formula is C19H14. The molecule has 19 heavy (non-hydrogen) atoms. The highest BCUT2D eigenvalue weighted by Crippen LogP contribution is 2.38. The van der Waals surface area contributed by atoms with Crippen LogP contribution in [0, 0.1) is 0 Å². The standard InChI is InChI=1S/C19H14/c1-13-17-8-4-3-7-15(17)12-16-11-10-14-6-2-5-9-18(14)19(13)16/h2-11H,1,12H2. The fraction of sp³-hybridized carbons (Fsp3) is 0.0526. The van der Waals surface area contributed by atoms with E-state index in [0.29, 0.717) is 0 Å². The number of hydrogen-bond acceptors (Lipinski definition) is 0. The van der Waals surface area contributed by atoms with Crippen LogP contribution in [0.25, 0.3) is 16.3 Å². The second-order valence-corrected chi connectivity index (χ2v) is 5.13. The van der Waals surface area contributed by atoms with Crippen molar-refractivity contribution in [1.29, 1.82) is 0 Å². The molecule has 0 N–H and O–H groups in total. The Labute approximate surface area is 113 Å². The van der Waals surface area contributed by atoms with E-state index in [2.05, 4.69) is 67.2 Å². The fourth-order valence-electron chi connectivity index (χ4n) is 3.13. The van der Waals surface area contributed by atoms with Gasteiger partial charge >= 0.3 is 0 Å². The highest BCUT2D eigenvalue weighted by Gasteiger charge is 2.19. The van der Waals surface area contributed by atoms with Gasteiger partial charge in [-0.3, -0.25) is 0 Å². The highest BCUT2D eigenvalue weighted by molar-refractivity contribution is 6.00. The van der Waals surface area contributed by atoms with Crippen molar-refractivity contribution < 1.29 is 0 Å². The Balaban J connectivity index is 2.07. The molecule has 4 rings (SSSR count). The first-order valence-electron chi connectivity index (χ1n) is 6.63. The van der Waals surface area contributed by atoms with Gasteiger partial charge in [-0.2, -0.15) is 0 Å². The summed E-state index contributed by atoms with van der Waals surface area (Å²) in [5.74, 6) is 0. The fourth-order valence-corrected chi connectivity index (χ4v) is 3.13. The van der Waals surface area contributed by atoms with Crippen molar-refractivity contribution >= 4 is 16.3 Å². The third-order valence-corrected chi connectivity index (χ3v) is 4.04. The van der Waals surface area contributed by atoms with Crippen LogP contribution in [0.2, 0.25) is 0 Å². The molecule has 0 amide bonds. The molecule has 0 unspecified atom stereocenters. The van der Waals surface area contributed by atoms with Crippen LogP contribution in [0.5, 0.6) is 0 Å². The zero-order chi connectivity index (χ0) is 12.8. The molecule has 0 radical (unpaired) electrons. The van der Waals surface area contributed by atoms with Crippen LogP contribution in [0.3, 0.4) is 0 Å². The summed E-state index contributed by atoms with van der Waals surface area (Å²) in [6, 6.07) is 21.6. The predicted molar refractivity (Wildman–Crippen MR) is 81.3 cm³/mol. The van der Waals surface area contributed by atoms with Gasteiger partial charge in [0, 0.05) is 0 Å². The molecule has 0 aromatic heterocycles. The number of rotatable bonds is 0. The van der Waals surface area contributed by atoms with Gasteiger partial charge in [0.05, 0.1) is 0 Å². The van der Waals surface area contributed by atoms with Gasteiger partial charge < -0.3 is 0 Å². The molecule has 0 saturated heterocycles. The van der Waals surface area contributed by atoms with Crippen molar-refractivity contribution in [3.63, 3.8) is 0 Å². The molecule has 1 aliphatic rings. The predicted octanol–water partition coefficient (Wildman–Crippen LogP) is 4.81. The zero-order valence-corrected chi connectivity index (χ0v) is 10.7. The molecule has 90 valence electrons. The molecule has 0 heterocycles. The third-order valence-electron chi connectivity index (χ3n) is 4.04. The first-order chi connectivity index (χ1) is 9.34. The first-order valence-corrected chi connectivity index (χ1v) is 6.63. The van der Waals surface area contributed by atoms with E-state index in [0.717, 1.165) is 12.0 Å². The molecule has 3 aromatic carbocycles. The summed E-state index contributed by atoms with van der Waals surface area (Å²) in [5.41, 5.74) is 6.56. The Morgan fingerprint density at radius 3 is 2.47 bits per heavy atom. The number of hydrogen-bond donors (Lipinski definition) is 0. The van der Waals surface area contributed by atoms with E-state index in [4.69, 9.17) is 0 Å². The van der Waals surface area contributed by atoms with Crippen molar-refractivity contribution in [2.24, 2.45) is 0 Å². The summed E-state index contributed by atoms with van der Waals surface area (Å²) in [5, 5.41) is 2.61. The molecular weight excluding hydrogens is 228 g/mol. The molecule has 0 bridgehead atoms. The van der Waals surface area contributed by atoms with Crippen LogP contribution in [0.1, 0.15) is 22.3 Å². The molecule has 0 heteroatoms. The minimum atomic E-state index is 1.01. The molecule has 0 fully saturated rings. The van der Waals surface area contributed by atoms with Crippen LogP contribution >= 0.6 is 0 Å². The molecule has 0 saturated carbocycles. The van der Waals surface area contributed by atoms with E-state index >= 15 is 0 Å². The number of fused-ring (bicyclic) bond motifs is 4. The minimum absolute atomic E-state index is 1.01. The Morgan fingerprint density at radius 2 is 1.53 bits per heavy atom. The molecule has 3 aromatic rings. The normalized spacial score (nSPS) is 13.2. The van der Waals surface area contributed by atoms with E-state index in [1.54, 1.807) is 0 Å². The second kappa shape index (κ2) is 3.83. The number of benzene rings is 3. The molecule has 0 nitrogen and oxygen atoms in total. The van der Waals surface area contributed by atoms with Gasteiger partial charge in [-0.15, -0.1) is 0 Å². The SMILES string of the molecule is C=C1c2ccccc2Cc2ccc3ccccc3c21. The summed E-state index contributed by atoms with van der Waals surface area (Å²) in [4.78, 5) is 0. The van der Waals surface area contributed by atoms with Crippen molar-refractivity contribution in [1.82, 2.24) is 0 Å². The Hall–Kier alpha value is -2.34. The lowest BCUT2D eigenvalue weighted by Gasteiger charge is -2.23. The topological polar surface area (TPSA) is 0 Å². The Morgan fingerprint density at radius 1 is 0.737 bits per heavy atom. The molecule has 0 spiro atoms. The summed E-state index contributed by atoms with van der Waals surface area (Å²) >= 11 is 0. The summed E-state index contributed by atoms with van der Waals surface area (Å²) in [7, 11) is 0. The van der Waals surface area contributed by atoms with E-state index < -0.39 is 0 Å². The van der Waals surface area contributed by atoms with Crippen molar-refractivity contribution in [3.05, 3.63) is 89.5 Å². The van der Waals surface area contributed by atoms with Crippen molar-refractivity contribution in [2.45, 2.75) is 6.42 Å². The average molecular weight is 242 g/mol. The van der Waals surface area contributed by atoms with E-state index in [1.807, 2.05) is 0 Å². The largest absolute Gasteiger partial charge is 0.0905 e. The zero-order valence-electron chi connectivity index (χ0n) is 10.7. The molecule has 0 atom stereocenters. The van der Waals surface area contributed by atoms with Crippen molar-refractivity contribution in [2.75, 3.05) is 0 Å². The summed E-state index contributed by atoms with van der Waals surface area (Å²) in [6.07, 6.45) is 1.01. The van der Waals surface area contributed by atoms with Crippen LogP contribution in [-0.4, -0.2) is 0 Å². The lowest BCUT2D eigenvalue weighted by atomic mass is 9.80. The Bertz CT molecular complexity index is 809. The lowest BCUT2D eigenvalue weighted by Crippen LogP contribution is -2.06. The van der Waals surface area contributed by atoms with Crippen LogP contribution in [0.15, 0.2) is 67.2 Å². The van der Waals surface area contributed by atoms with E-state index in [-0.39, 0.29) is 0 Å². The van der Waals surface area contributed by atoms with Gasteiger partial charge in [-0.1, -0.05) is 67.2 Å². The van der Waals surface area contributed by atoms with E-state index in [1.165, 1.54) is 33.0 Å². The van der Waals surface area contributed by atoms with Gasteiger partial charge in [-0.25, -0.2) is 0 Å². The smallest absolute Gasteiger partial charge is 0.00132 e. The van der Waals surface area contributed by atoms with Crippen LogP contribution in [-0.2, 0) is 6.42 Å². The average Bonchev–Trinajstić information content (AvgIpc) is 2.47. The van der Waals surface area contributed by atoms with Gasteiger partial charge in [0.2, 0.25) is 0 Å². The van der Waals surface area contributed by atoms with Gasteiger partial charge in [-0.05, 0) is 45.0 Å². The van der Waals surface area contributed by atoms with Crippen molar-refractivity contribution in [3.8, 4) is 0 Å². The third kappa shape index (κ3) is 1.47.